The van der Waals surface area contributed by atoms with E-state index in [-0.39, 0.29) is 11.5 Å². The number of hydrogen-bond acceptors (Lipinski definition) is 4. The molecule has 1 aliphatic rings. The average Bonchev–Trinajstić information content (AvgIpc) is 2.84. The zero-order chi connectivity index (χ0) is 17.1. The Morgan fingerprint density at radius 2 is 2.21 bits per heavy atom. The highest BCUT2D eigenvalue weighted by Crippen LogP contribution is 2.17. The molecule has 0 saturated carbocycles. The third-order valence-electron chi connectivity index (χ3n) is 4.47. The van der Waals surface area contributed by atoms with Gasteiger partial charge >= 0.3 is 0 Å². The van der Waals surface area contributed by atoms with Crippen LogP contribution >= 0.6 is 0 Å². The van der Waals surface area contributed by atoms with E-state index in [1.807, 2.05) is 6.07 Å². The minimum atomic E-state index is -0.163. The highest BCUT2D eigenvalue weighted by Gasteiger charge is 2.16. The van der Waals surface area contributed by atoms with E-state index in [2.05, 4.69) is 4.98 Å². The van der Waals surface area contributed by atoms with Gasteiger partial charge in [-0.3, -0.25) is 14.2 Å². The molecule has 6 nitrogen and oxygen atoms in total. The summed E-state index contributed by atoms with van der Waals surface area (Å²) in [5.41, 5.74) is 1.05. The lowest BCUT2D eigenvalue weighted by Gasteiger charge is -2.16. The van der Waals surface area contributed by atoms with Gasteiger partial charge in [-0.1, -0.05) is 6.42 Å². The largest absolute Gasteiger partial charge is 0.341 e. The molecule has 0 unspecified atom stereocenters. The van der Waals surface area contributed by atoms with E-state index in [0.717, 1.165) is 31.5 Å². The molecule has 1 amide bonds. The predicted octanol–water partition coefficient (Wildman–Crippen LogP) is 2.11. The van der Waals surface area contributed by atoms with Crippen LogP contribution in [0.25, 0.3) is 10.9 Å². The van der Waals surface area contributed by atoms with Crippen LogP contribution in [0.5, 0.6) is 0 Å². The molecule has 0 N–H and O–H groups in total. The Hall–Kier alpha value is -2.68. The van der Waals surface area contributed by atoms with Crippen molar-refractivity contribution >= 4 is 16.8 Å². The molecule has 1 aliphatic heterocycles. The van der Waals surface area contributed by atoms with Gasteiger partial charge in [-0.25, -0.2) is 4.98 Å². The van der Waals surface area contributed by atoms with Crippen LogP contribution in [-0.2, 0) is 13.0 Å². The van der Waals surface area contributed by atoms with Crippen LogP contribution in [0.1, 0.15) is 41.9 Å². The minimum Gasteiger partial charge on any atom is -0.341 e. The van der Waals surface area contributed by atoms with Gasteiger partial charge in [0.05, 0.1) is 23.4 Å². The number of amides is 1. The Kier molecular flexibility index (Phi) is 4.61. The molecule has 6 heteroatoms. The van der Waals surface area contributed by atoms with Crippen LogP contribution < -0.4 is 5.56 Å². The first-order chi connectivity index (χ1) is 11.6. The molecule has 0 atom stereocenters. The molecule has 0 spiro atoms. The number of nitriles is 1. The first-order valence-corrected chi connectivity index (χ1v) is 8.27. The molecule has 124 valence electrons. The second kappa shape index (κ2) is 6.83. The number of rotatable bonds is 3. The molecule has 1 aromatic carbocycles. The van der Waals surface area contributed by atoms with E-state index in [4.69, 9.17) is 5.26 Å². The lowest BCUT2D eigenvalue weighted by molar-refractivity contribution is 0.0798. The minimum absolute atomic E-state index is 0.0197. The fraction of sp³-hybridized carbons (Fsp3) is 0.444. The lowest BCUT2D eigenvalue weighted by Crippen LogP contribution is -2.28. The summed E-state index contributed by atoms with van der Waals surface area (Å²) in [6.45, 7) is 1.10. The van der Waals surface area contributed by atoms with E-state index < -0.39 is 0 Å². The summed E-state index contributed by atoms with van der Waals surface area (Å²) >= 11 is 0. The average molecular weight is 324 g/mol. The highest BCUT2D eigenvalue weighted by atomic mass is 16.2. The molecule has 2 heterocycles. The van der Waals surface area contributed by atoms with E-state index in [1.54, 1.807) is 29.8 Å². The van der Waals surface area contributed by atoms with Crippen molar-refractivity contribution in [2.45, 2.75) is 38.6 Å². The fourth-order valence-corrected chi connectivity index (χ4v) is 3.09. The first-order valence-electron chi connectivity index (χ1n) is 8.27. The number of benzene rings is 1. The van der Waals surface area contributed by atoms with Crippen LogP contribution in [0.15, 0.2) is 23.0 Å². The summed E-state index contributed by atoms with van der Waals surface area (Å²) in [6, 6.07) is 7.08. The summed E-state index contributed by atoms with van der Waals surface area (Å²) in [5.74, 6) is 0.649. The molecule has 0 radical (unpaired) electrons. The molecule has 1 aromatic heterocycles. The summed E-state index contributed by atoms with van der Waals surface area (Å²) in [7, 11) is 1.67. The number of hydrogen-bond donors (Lipinski definition) is 0. The second-order valence-electron chi connectivity index (χ2n) is 6.16. The lowest BCUT2D eigenvalue weighted by atomic mass is 10.1. The van der Waals surface area contributed by atoms with Crippen LogP contribution in [0.4, 0.5) is 0 Å². The van der Waals surface area contributed by atoms with Crippen LogP contribution in [-0.4, -0.2) is 34.0 Å². The summed E-state index contributed by atoms with van der Waals surface area (Å²) in [4.78, 5) is 31.3. The van der Waals surface area contributed by atoms with Crippen LogP contribution in [0, 0.1) is 11.3 Å². The van der Waals surface area contributed by atoms with Crippen molar-refractivity contribution in [1.82, 2.24) is 14.5 Å². The number of fused-ring (bicyclic) bond motifs is 2. The second-order valence-corrected chi connectivity index (χ2v) is 6.16. The van der Waals surface area contributed by atoms with Crippen molar-refractivity contribution in [1.29, 1.82) is 5.26 Å². The molecule has 24 heavy (non-hydrogen) atoms. The maximum absolute atomic E-state index is 12.7. The number of aryl methyl sites for hydroxylation is 1. The SMILES string of the molecule is CN(CCC#N)C(=O)c1ccc2c(=O)n3c(nc2c1)CCCCC3. The van der Waals surface area contributed by atoms with Gasteiger partial charge in [-0.05, 0) is 31.0 Å². The van der Waals surface area contributed by atoms with Crippen molar-refractivity contribution in [3.8, 4) is 6.07 Å². The van der Waals surface area contributed by atoms with Crippen LogP contribution in [0.3, 0.4) is 0 Å². The Morgan fingerprint density at radius 1 is 1.38 bits per heavy atom. The van der Waals surface area contributed by atoms with Crippen molar-refractivity contribution in [3.05, 3.63) is 39.9 Å². The van der Waals surface area contributed by atoms with Gasteiger partial charge in [0.2, 0.25) is 0 Å². The molecular formula is C18H20N4O2. The van der Waals surface area contributed by atoms with Crippen molar-refractivity contribution < 1.29 is 4.79 Å². The fourth-order valence-electron chi connectivity index (χ4n) is 3.09. The maximum Gasteiger partial charge on any atom is 0.261 e. The molecule has 3 rings (SSSR count). The molecule has 0 bridgehead atoms. The highest BCUT2D eigenvalue weighted by molar-refractivity contribution is 5.97. The number of aromatic nitrogens is 2. The van der Waals surface area contributed by atoms with E-state index in [1.165, 1.54) is 4.90 Å². The van der Waals surface area contributed by atoms with Crippen LogP contribution in [0.2, 0.25) is 0 Å². The van der Waals surface area contributed by atoms with Gasteiger partial charge in [0.25, 0.3) is 11.5 Å². The number of carbonyl (C=O) groups excluding carboxylic acids is 1. The van der Waals surface area contributed by atoms with E-state index in [0.29, 0.717) is 36.0 Å². The van der Waals surface area contributed by atoms with E-state index in [9.17, 15) is 9.59 Å². The van der Waals surface area contributed by atoms with Gasteiger partial charge in [0, 0.05) is 32.1 Å². The molecule has 0 fully saturated rings. The molecule has 0 saturated heterocycles. The molecule has 2 aromatic rings. The predicted molar refractivity (Wildman–Crippen MR) is 90.7 cm³/mol. The van der Waals surface area contributed by atoms with Crippen molar-refractivity contribution in [2.75, 3.05) is 13.6 Å². The van der Waals surface area contributed by atoms with Gasteiger partial charge in [0.15, 0.2) is 0 Å². The summed E-state index contributed by atoms with van der Waals surface area (Å²) < 4.78 is 1.77. The van der Waals surface area contributed by atoms with Gasteiger partial charge in [-0.2, -0.15) is 5.26 Å². The Morgan fingerprint density at radius 3 is 3.00 bits per heavy atom. The smallest absolute Gasteiger partial charge is 0.261 e. The zero-order valence-electron chi connectivity index (χ0n) is 13.8. The van der Waals surface area contributed by atoms with Gasteiger partial charge in [0.1, 0.15) is 5.82 Å². The quantitative estimate of drug-likeness (QED) is 0.866. The Labute approximate surface area is 140 Å². The van der Waals surface area contributed by atoms with E-state index >= 15 is 0 Å². The zero-order valence-corrected chi connectivity index (χ0v) is 13.8. The van der Waals surface area contributed by atoms with Crippen molar-refractivity contribution in [3.63, 3.8) is 0 Å². The Bertz CT molecular complexity index is 879. The molecular weight excluding hydrogens is 304 g/mol. The van der Waals surface area contributed by atoms with Crippen molar-refractivity contribution in [2.24, 2.45) is 0 Å². The van der Waals surface area contributed by atoms with Gasteiger partial charge in [-0.15, -0.1) is 0 Å². The third kappa shape index (κ3) is 3.02. The van der Waals surface area contributed by atoms with Gasteiger partial charge < -0.3 is 4.90 Å². The summed E-state index contributed by atoms with van der Waals surface area (Å²) in [5, 5.41) is 9.19. The summed E-state index contributed by atoms with van der Waals surface area (Å²) in [6.07, 6.45) is 4.23. The monoisotopic (exact) mass is 324 g/mol. The topological polar surface area (TPSA) is 79.0 Å². The Balaban J connectivity index is 2.01. The number of nitrogens with zero attached hydrogens (tertiary/aromatic N) is 4. The first kappa shape index (κ1) is 16.2. The maximum atomic E-state index is 12.7. The normalized spacial score (nSPS) is 13.8. The standard InChI is InChI=1S/C18H20N4O2/c1-21(10-5-9-19)17(23)13-7-8-14-15(12-13)20-16-6-3-2-4-11-22(16)18(14)24/h7-8,12H,2-6,10-11H2,1H3. The molecule has 0 aliphatic carbocycles. The third-order valence-corrected chi connectivity index (χ3v) is 4.47. The number of carbonyl (C=O) groups is 1.